The van der Waals surface area contributed by atoms with Gasteiger partial charge in [-0.15, -0.1) is 0 Å². The van der Waals surface area contributed by atoms with Gasteiger partial charge in [-0.3, -0.25) is 0 Å². The lowest BCUT2D eigenvalue weighted by atomic mass is 9.91. The van der Waals surface area contributed by atoms with E-state index in [1.54, 1.807) is 7.11 Å². The fraction of sp³-hybridized carbons (Fsp3) is 0.647. The third-order valence-electron chi connectivity index (χ3n) is 3.78. The molecule has 20 heavy (non-hydrogen) atoms. The summed E-state index contributed by atoms with van der Waals surface area (Å²) < 4.78 is 17.6. The molecule has 3 heteroatoms. The van der Waals surface area contributed by atoms with Crippen LogP contribution in [0.4, 0.5) is 0 Å². The standard InChI is InChI=1S/C17H26O3/c1-5-6-11-17(19-12-16(2,3)13-20-17)14-7-9-15(18-4)10-8-14/h7-10H,5-6,11-13H2,1-4H3. The summed E-state index contributed by atoms with van der Waals surface area (Å²) in [6.45, 7) is 7.98. The van der Waals surface area contributed by atoms with E-state index in [9.17, 15) is 0 Å². The first-order chi connectivity index (χ1) is 9.51. The molecule has 112 valence electrons. The molecule has 1 fully saturated rings. The van der Waals surface area contributed by atoms with Gasteiger partial charge in [-0.25, -0.2) is 0 Å². The normalized spacial score (nSPS) is 20.6. The van der Waals surface area contributed by atoms with E-state index in [4.69, 9.17) is 14.2 Å². The third-order valence-corrected chi connectivity index (χ3v) is 3.78. The van der Waals surface area contributed by atoms with Crippen molar-refractivity contribution >= 4 is 0 Å². The van der Waals surface area contributed by atoms with E-state index < -0.39 is 5.79 Å². The molecule has 0 aliphatic carbocycles. The van der Waals surface area contributed by atoms with Gasteiger partial charge in [0.2, 0.25) is 0 Å². The molecule has 3 nitrogen and oxygen atoms in total. The Hall–Kier alpha value is -1.06. The summed E-state index contributed by atoms with van der Waals surface area (Å²) in [5, 5.41) is 0. The third kappa shape index (κ3) is 3.33. The number of hydrogen-bond acceptors (Lipinski definition) is 3. The number of rotatable bonds is 5. The predicted molar refractivity (Wildman–Crippen MR) is 79.9 cm³/mol. The van der Waals surface area contributed by atoms with E-state index in [1.807, 2.05) is 24.3 Å². The Balaban J connectivity index is 2.22. The molecule has 2 rings (SSSR count). The lowest BCUT2D eigenvalue weighted by Crippen LogP contribution is -2.45. The predicted octanol–water partition coefficient (Wildman–Crippen LogP) is 4.11. The zero-order valence-corrected chi connectivity index (χ0v) is 13.1. The van der Waals surface area contributed by atoms with E-state index in [-0.39, 0.29) is 5.41 Å². The molecule has 0 bridgehead atoms. The summed E-state index contributed by atoms with van der Waals surface area (Å²) >= 11 is 0. The monoisotopic (exact) mass is 278 g/mol. The Morgan fingerprint density at radius 3 is 2.20 bits per heavy atom. The highest BCUT2D eigenvalue weighted by Gasteiger charge is 2.41. The second-order valence-corrected chi connectivity index (χ2v) is 6.33. The maximum absolute atomic E-state index is 6.18. The van der Waals surface area contributed by atoms with Gasteiger partial charge in [0.25, 0.3) is 0 Å². The molecule has 1 heterocycles. The van der Waals surface area contributed by atoms with Gasteiger partial charge < -0.3 is 14.2 Å². The summed E-state index contributed by atoms with van der Waals surface area (Å²) in [6.07, 6.45) is 3.12. The fourth-order valence-corrected chi connectivity index (χ4v) is 2.42. The zero-order chi connectivity index (χ0) is 14.6. The minimum absolute atomic E-state index is 0.0855. The van der Waals surface area contributed by atoms with Crippen molar-refractivity contribution in [2.24, 2.45) is 5.41 Å². The van der Waals surface area contributed by atoms with Crippen LogP contribution >= 0.6 is 0 Å². The van der Waals surface area contributed by atoms with Crippen molar-refractivity contribution in [1.82, 2.24) is 0 Å². The molecular weight excluding hydrogens is 252 g/mol. The van der Waals surface area contributed by atoms with Crippen molar-refractivity contribution in [3.05, 3.63) is 29.8 Å². The molecule has 1 saturated heterocycles. The first kappa shape index (κ1) is 15.3. The van der Waals surface area contributed by atoms with Gasteiger partial charge in [-0.1, -0.05) is 27.2 Å². The number of methoxy groups -OCH3 is 1. The first-order valence-electron chi connectivity index (χ1n) is 7.44. The van der Waals surface area contributed by atoms with Crippen LogP contribution < -0.4 is 4.74 Å². The van der Waals surface area contributed by atoms with Crippen LogP contribution in [0.2, 0.25) is 0 Å². The molecule has 0 aromatic heterocycles. The Labute approximate surface area is 122 Å². The molecule has 0 radical (unpaired) electrons. The molecule has 0 atom stereocenters. The summed E-state index contributed by atoms with van der Waals surface area (Å²) in [5.41, 5.74) is 1.17. The maximum Gasteiger partial charge on any atom is 0.194 e. The average Bonchev–Trinajstić information content (AvgIpc) is 2.47. The molecule has 1 aromatic carbocycles. The highest BCUT2D eigenvalue weighted by molar-refractivity contribution is 5.30. The Kier molecular flexibility index (Phi) is 4.71. The molecule has 0 saturated carbocycles. The highest BCUT2D eigenvalue weighted by Crippen LogP contribution is 2.40. The van der Waals surface area contributed by atoms with Gasteiger partial charge in [-0.2, -0.15) is 0 Å². The molecule has 0 unspecified atom stereocenters. The van der Waals surface area contributed by atoms with Gasteiger partial charge in [0.15, 0.2) is 5.79 Å². The van der Waals surface area contributed by atoms with Gasteiger partial charge in [0.05, 0.1) is 20.3 Å². The zero-order valence-electron chi connectivity index (χ0n) is 13.1. The van der Waals surface area contributed by atoms with Crippen LogP contribution in [0.3, 0.4) is 0 Å². The van der Waals surface area contributed by atoms with Gasteiger partial charge in [0, 0.05) is 17.4 Å². The van der Waals surface area contributed by atoms with E-state index in [2.05, 4.69) is 20.8 Å². The van der Waals surface area contributed by atoms with Crippen LogP contribution in [-0.4, -0.2) is 20.3 Å². The summed E-state index contributed by atoms with van der Waals surface area (Å²) in [4.78, 5) is 0. The molecule has 1 aromatic rings. The van der Waals surface area contributed by atoms with Crippen molar-refractivity contribution in [3.63, 3.8) is 0 Å². The Morgan fingerprint density at radius 1 is 1.10 bits per heavy atom. The van der Waals surface area contributed by atoms with Gasteiger partial charge in [0.1, 0.15) is 5.75 Å². The number of hydrogen-bond donors (Lipinski definition) is 0. The summed E-state index contributed by atoms with van der Waals surface area (Å²) in [6, 6.07) is 8.03. The Bertz CT molecular complexity index is 412. The summed E-state index contributed by atoms with van der Waals surface area (Å²) in [5.74, 6) is 0.271. The van der Waals surface area contributed by atoms with Crippen LogP contribution in [0.15, 0.2) is 24.3 Å². The number of benzene rings is 1. The SMILES string of the molecule is CCCCC1(c2ccc(OC)cc2)OCC(C)(C)CO1. The average molecular weight is 278 g/mol. The number of unbranched alkanes of at least 4 members (excludes halogenated alkanes) is 1. The lowest BCUT2D eigenvalue weighted by Gasteiger charge is -2.44. The highest BCUT2D eigenvalue weighted by atomic mass is 16.7. The second-order valence-electron chi connectivity index (χ2n) is 6.33. The van der Waals surface area contributed by atoms with E-state index in [0.717, 1.165) is 43.8 Å². The molecule has 1 aliphatic rings. The molecular formula is C17H26O3. The minimum atomic E-state index is -0.586. The molecule has 1 aliphatic heterocycles. The van der Waals surface area contributed by atoms with Gasteiger partial charge in [-0.05, 0) is 30.7 Å². The van der Waals surface area contributed by atoms with Crippen LogP contribution in [0.25, 0.3) is 0 Å². The second kappa shape index (κ2) is 6.15. The van der Waals surface area contributed by atoms with Crippen molar-refractivity contribution in [3.8, 4) is 5.75 Å². The largest absolute Gasteiger partial charge is 0.497 e. The van der Waals surface area contributed by atoms with E-state index >= 15 is 0 Å². The van der Waals surface area contributed by atoms with Crippen LogP contribution in [0.1, 0.15) is 45.6 Å². The number of ether oxygens (including phenoxy) is 3. The van der Waals surface area contributed by atoms with Crippen LogP contribution in [0.5, 0.6) is 5.75 Å². The van der Waals surface area contributed by atoms with Crippen molar-refractivity contribution < 1.29 is 14.2 Å². The maximum atomic E-state index is 6.18. The molecule has 0 N–H and O–H groups in total. The first-order valence-corrected chi connectivity index (χ1v) is 7.44. The van der Waals surface area contributed by atoms with Crippen LogP contribution in [-0.2, 0) is 15.3 Å². The summed E-state index contributed by atoms with van der Waals surface area (Å²) in [7, 11) is 1.68. The smallest absolute Gasteiger partial charge is 0.194 e. The fourth-order valence-electron chi connectivity index (χ4n) is 2.42. The minimum Gasteiger partial charge on any atom is -0.497 e. The van der Waals surface area contributed by atoms with Crippen LogP contribution in [0, 0.1) is 5.41 Å². The van der Waals surface area contributed by atoms with E-state index in [1.165, 1.54) is 0 Å². The quantitative estimate of drug-likeness (QED) is 0.811. The van der Waals surface area contributed by atoms with Crippen molar-refractivity contribution in [2.45, 2.75) is 45.8 Å². The molecule has 0 amide bonds. The Morgan fingerprint density at radius 2 is 1.70 bits per heavy atom. The van der Waals surface area contributed by atoms with Crippen molar-refractivity contribution in [2.75, 3.05) is 20.3 Å². The van der Waals surface area contributed by atoms with Gasteiger partial charge >= 0.3 is 0 Å². The van der Waals surface area contributed by atoms with E-state index in [0.29, 0.717) is 0 Å². The topological polar surface area (TPSA) is 27.7 Å². The van der Waals surface area contributed by atoms with Crippen molar-refractivity contribution in [1.29, 1.82) is 0 Å². The lowest BCUT2D eigenvalue weighted by molar-refractivity contribution is -0.311. The molecule has 0 spiro atoms.